The number of hydrogen-bond donors (Lipinski definition) is 1. The highest BCUT2D eigenvalue weighted by molar-refractivity contribution is 5.77. The first kappa shape index (κ1) is 11.5. The van der Waals surface area contributed by atoms with E-state index in [1.54, 1.807) is 0 Å². The Morgan fingerprint density at radius 1 is 1.29 bits per heavy atom. The quantitative estimate of drug-likeness (QED) is 0.769. The maximum Gasteiger partial charge on any atom is 0.224 e. The SMILES string of the molecule is O=C(CC1COCCN1)N(CC1CC1)C1CC1. The van der Waals surface area contributed by atoms with Gasteiger partial charge in [-0.1, -0.05) is 0 Å². The molecule has 1 unspecified atom stereocenters. The molecule has 2 aliphatic carbocycles. The monoisotopic (exact) mass is 238 g/mol. The number of nitrogens with zero attached hydrogens (tertiary/aromatic N) is 1. The summed E-state index contributed by atoms with van der Waals surface area (Å²) in [5, 5.41) is 3.36. The van der Waals surface area contributed by atoms with Crippen LogP contribution in [0.5, 0.6) is 0 Å². The van der Waals surface area contributed by atoms with Gasteiger partial charge < -0.3 is 15.0 Å². The minimum Gasteiger partial charge on any atom is -0.378 e. The molecule has 1 atom stereocenters. The Bertz CT molecular complexity index is 281. The number of ether oxygens (including phenoxy) is 1. The van der Waals surface area contributed by atoms with Gasteiger partial charge in [0.15, 0.2) is 0 Å². The maximum atomic E-state index is 12.3. The van der Waals surface area contributed by atoms with Gasteiger partial charge in [0.1, 0.15) is 0 Å². The molecule has 1 aliphatic heterocycles. The van der Waals surface area contributed by atoms with E-state index in [9.17, 15) is 4.79 Å². The number of morpholine rings is 1. The van der Waals surface area contributed by atoms with E-state index in [1.165, 1.54) is 25.7 Å². The van der Waals surface area contributed by atoms with E-state index in [0.717, 1.165) is 25.6 Å². The Kier molecular flexibility index (Phi) is 3.34. The number of carbonyl (C=O) groups excluding carboxylic acids is 1. The lowest BCUT2D eigenvalue weighted by molar-refractivity contribution is -0.133. The van der Waals surface area contributed by atoms with Crippen molar-refractivity contribution in [2.45, 2.75) is 44.2 Å². The average molecular weight is 238 g/mol. The molecule has 0 bridgehead atoms. The molecular weight excluding hydrogens is 216 g/mol. The van der Waals surface area contributed by atoms with Crippen molar-refractivity contribution < 1.29 is 9.53 Å². The highest BCUT2D eigenvalue weighted by atomic mass is 16.5. The van der Waals surface area contributed by atoms with Crippen LogP contribution >= 0.6 is 0 Å². The molecule has 4 nitrogen and oxygen atoms in total. The fraction of sp³-hybridized carbons (Fsp3) is 0.923. The Labute approximate surface area is 103 Å². The smallest absolute Gasteiger partial charge is 0.224 e. The summed E-state index contributed by atoms with van der Waals surface area (Å²) < 4.78 is 5.40. The van der Waals surface area contributed by atoms with Crippen molar-refractivity contribution in [2.75, 3.05) is 26.3 Å². The summed E-state index contributed by atoms with van der Waals surface area (Å²) in [5.74, 6) is 1.14. The van der Waals surface area contributed by atoms with Crippen LogP contribution in [0.1, 0.15) is 32.1 Å². The van der Waals surface area contributed by atoms with E-state index in [1.807, 2.05) is 0 Å². The van der Waals surface area contributed by atoms with Crippen molar-refractivity contribution in [1.29, 1.82) is 0 Å². The molecule has 1 saturated heterocycles. The van der Waals surface area contributed by atoms with Gasteiger partial charge in [0.05, 0.1) is 13.2 Å². The third kappa shape index (κ3) is 3.19. The largest absolute Gasteiger partial charge is 0.378 e. The summed E-state index contributed by atoms with van der Waals surface area (Å²) in [4.78, 5) is 14.4. The Hall–Kier alpha value is -0.610. The third-order valence-corrected chi connectivity index (χ3v) is 3.88. The van der Waals surface area contributed by atoms with Crippen LogP contribution < -0.4 is 5.32 Å². The predicted molar refractivity (Wildman–Crippen MR) is 64.7 cm³/mol. The summed E-state index contributed by atoms with van der Waals surface area (Å²) in [7, 11) is 0. The highest BCUT2D eigenvalue weighted by Crippen LogP contribution is 2.35. The van der Waals surface area contributed by atoms with Crippen LogP contribution in [0.25, 0.3) is 0 Å². The first-order chi connectivity index (χ1) is 8.33. The molecule has 4 heteroatoms. The van der Waals surface area contributed by atoms with E-state index in [2.05, 4.69) is 10.2 Å². The maximum absolute atomic E-state index is 12.3. The third-order valence-electron chi connectivity index (χ3n) is 3.88. The molecule has 96 valence electrons. The molecule has 0 aromatic heterocycles. The van der Waals surface area contributed by atoms with Crippen molar-refractivity contribution in [1.82, 2.24) is 10.2 Å². The lowest BCUT2D eigenvalue weighted by atomic mass is 10.1. The zero-order valence-electron chi connectivity index (χ0n) is 10.4. The van der Waals surface area contributed by atoms with Crippen LogP contribution in [-0.2, 0) is 9.53 Å². The highest BCUT2D eigenvalue weighted by Gasteiger charge is 2.37. The summed E-state index contributed by atoms with van der Waals surface area (Å²) >= 11 is 0. The molecule has 3 aliphatic rings. The number of hydrogen-bond acceptors (Lipinski definition) is 3. The average Bonchev–Trinajstić information content (AvgIpc) is 3.20. The lowest BCUT2D eigenvalue weighted by Crippen LogP contribution is -2.46. The van der Waals surface area contributed by atoms with Crippen molar-refractivity contribution in [2.24, 2.45) is 5.92 Å². The molecule has 0 spiro atoms. The van der Waals surface area contributed by atoms with Gasteiger partial charge in [0.2, 0.25) is 5.91 Å². The standard InChI is InChI=1S/C13H22N2O2/c16-13(7-11-9-17-6-5-14-11)15(12-3-4-12)8-10-1-2-10/h10-12,14H,1-9H2. The lowest BCUT2D eigenvalue weighted by Gasteiger charge is -2.28. The molecule has 0 aromatic carbocycles. The van der Waals surface area contributed by atoms with Crippen molar-refractivity contribution in [3.63, 3.8) is 0 Å². The topological polar surface area (TPSA) is 41.6 Å². The van der Waals surface area contributed by atoms with Crippen LogP contribution in [0.4, 0.5) is 0 Å². The van der Waals surface area contributed by atoms with Crippen molar-refractivity contribution >= 4 is 5.91 Å². The zero-order chi connectivity index (χ0) is 11.7. The van der Waals surface area contributed by atoms with Gasteiger partial charge in [-0.25, -0.2) is 0 Å². The minimum atomic E-state index is 0.233. The van der Waals surface area contributed by atoms with E-state index in [0.29, 0.717) is 25.0 Å². The van der Waals surface area contributed by atoms with Gasteiger partial charge in [-0.15, -0.1) is 0 Å². The van der Waals surface area contributed by atoms with Gasteiger partial charge in [-0.05, 0) is 31.6 Å². The normalized spacial score (nSPS) is 29.1. The molecule has 0 aromatic rings. The van der Waals surface area contributed by atoms with E-state index in [-0.39, 0.29) is 6.04 Å². The molecule has 0 radical (unpaired) electrons. The number of rotatable bonds is 5. The predicted octanol–water partition coefficient (Wildman–Crippen LogP) is 0.766. The zero-order valence-corrected chi connectivity index (χ0v) is 10.4. The Balaban J connectivity index is 1.50. The molecule has 1 heterocycles. The Morgan fingerprint density at radius 3 is 2.71 bits per heavy atom. The van der Waals surface area contributed by atoms with Gasteiger partial charge in [0, 0.05) is 31.6 Å². The summed E-state index contributed by atoms with van der Waals surface area (Å²) in [5.41, 5.74) is 0. The van der Waals surface area contributed by atoms with Crippen LogP contribution in [0.3, 0.4) is 0 Å². The van der Waals surface area contributed by atoms with Crippen LogP contribution in [0.15, 0.2) is 0 Å². The molecule has 1 N–H and O–H groups in total. The second kappa shape index (κ2) is 4.94. The molecular formula is C13H22N2O2. The molecule has 17 heavy (non-hydrogen) atoms. The number of carbonyl (C=O) groups is 1. The summed E-state index contributed by atoms with van der Waals surface area (Å²) in [6.07, 6.45) is 5.69. The molecule has 1 amide bonds. The van der Waals surface area contributed by atoms with Gasteiger partial charge >= 0.3 is 0 Å². The first-order valence-electron chi connectivity index (χ1n) is 6.93. The van der Waals surface area contributed by atoms with Gasteiger partial charge in [-0.2, -0.15) is 0 Å². The molecule has 2 saturated carbocycles. The fourth-order valence-electron chi connectivity index (χ4n) is 2.50. The van der Waals surface area contributed by atoms with Crippen molar-refractivity contribution in [3.8, 4) is 0 Å². The van der Waals surface area contributed by atoms with Crippen LogP contribution in [0, 0.1) is 5.92 Å². The Morgan fingerprint density at radius 2 is 2.12 bits per heavy atom. The minimum absolute atomic E-state index is 0.233. The van der Waals surface area contributed by atoms with Gasteiger partial charge in [-0.3, -0.25) is 4.79 Å². The van der Waals surface area contributed by atoms with E-state index in [4.69, 9.17) is 4.74 Å². The van der Waals surface area contributed by atoms with E-state index >= 15 is 0 Å². The van der Waals surface area contributed by atoms with E-state index < -0.39 is 0 Å². The van der Waals surface area contributed by atoms with Crippen LogP contribution in [-0.4, -0.2) is 49.2 Å². The summed E-state index contributed by atoms with van der Waals surface area (Å²) in [6.45, 7) is 3.36. The number of amides is 1. The molecule has 3 fully saturated rings. The van der Waals surface area contributed by atoms with Crippen LogP contribution in [0.2, 0.25) is 0 Å². The number of nitrogens with one attached hydrogen (secondary N) is 1. The fourth-order valence-corrected chi connectivity index (χ4v) is 2.50. The summed E-state index contributed by atoms with van der Waals surface area (Å²) in [6, 6.07) is 0.796. The van der Waals surface area contributed by atoms with Crippen molar-refractivity contribution in [3.05, 3.63) is 0 Å². The second-order valence-corrected chi connectivity index (χ2v) is 5.65. The second-order valence-electron chi connectivity index (χ2n) is 5.65. The first-order valence-corrected chi connectivity index (χ1v) is 6.93. The molecule has 3 rings (SSSR count). The van der Waals surface area contributed by atoms with Gasteiger partial charge in [0.25, 0.3) is 0 Å².